The first kappa shape index (κ1) is 14.6. The molecule has 0 fully saturated rings. The number of nitrogens with zero attached hydrogens (tertiary/aromatic N) is 3. The van der Waals surface area contributed by atoms with Gasteiger partial charge in [0, 0.05) is 18.9 Å². The van der Waals surface area contributed by atoms with Crippen LogP contribution in [0.5, 0.6) is 0 Å². The maximum atomic E-state index is 6.26. The van der Waals surface area contributed by atoms with Crippen molar-refractivity contribution in [1.29, 1.82) is 0 Å². The van der Waals surface area contributed by atoms with E-state index in [4.69, 9.17) is 34.8 Å². The van der Waals surface area contributed by atoms with Gasteiger partial charge in [-0.05, 0) is 36.8 Å². The van der Waals surface area contributed by atoms with E-state index < -0.39 is 0 Å². The van der Waals surface area contributed by atoms with Crippen LogP contribution in [-0.4, -0.2) is 14.5 Å². The second-order valence-corrected chi connectivity index (χ2v) is 6.25. The standard InChI is InChI=1S/C15H12Cl3N3/c1-9(16)15-20-13-6-11(17)12(18)7-14(13)21(15)8-10-2-4-19-5-3-10/h2-7,9H,8H2,1H3. The molecule has 0 N–H and O–H groups in total. The van der Waals surface area contributed by atoms with Gasteiger partial charge in [0.15, 0.2) is 0 Å². The number of benzene rings is 1. The number of rotatable bonds is 3. The van der Waals surface area contributed by atoms with Crippen molar-refractivity contribution in [2.75, 3.05) is 0 Å². The van der Waals surface area contributed by atoms with Gasteiger partial charge >= 0.3 is 0 Å². The van der Waals surface area contributed by atoms with Gasteiger partial charge < -0.3 is 4.57 Å². The fourth-order valence-electron chi connectivity index (χ4n) is 2.28. The zero-order valence-electron chi connectivity index (χ0n) is 11.2. The van der Waals surface area contributed by atoms with Crippen LogP contribution in [0.15, 0.2) is 36.7 Å². The second-order valence-electron chi connectivity index (χ2n) is 4.78. The smallest absolute Gasteiger partial charge is 0.128 e. The largest absolute Gasteiger partial charge is 0.322 e. The summed E-state index contributed by atoms with van der Waals surface area (Å²) in [5, 5.41) is 0.789. The van der Waals surface area contributed by atoms with Gasteiger partial charge in [0.2, 0.25) is 0 Å². The van der Waals surface area contributed by atoms with Crippen LogP contribution in [0.3, 0.4) is 0 Å². The van der Waals surface area contributed by atoms with Crippen molar-refractivity contribution < 1.29 is 0 Å². The fourth-order valence-corrected chi connectivity index (χ4v) is 2.76. The third-order valence-electron chi connectivity index (χ3n) is 3.27. The number of hydrogen-bond donors (Lipinski definition) is 0. The molecule has 0 bridgehead atoms. The number of pyridine rings is 1. The van der Waals surface area contributed by atoms with Gasteiger partial charge in [-0.15, -0.1) is 11.6 Å². The van der Waals surface area contributed by atoms with Crippen LogP contribution >= 0.6 is 34.8 Å². The minimum Gasteiger partial charge on any atom is -0.322 e. The molecule has 2 aromatic heterocycles. The topological polar surface area (TPSA) is 30.7 Å². The Balaban J connectivity index is 2.18. The summed E-state index contributed by atoms with van der Waals surface area (Å²) in [5.41, 5.74) is 2.83. The van der Waals surface area contributed by atoms with Crippen LogP contribution in [0.4, 0.5) is 0 Å². The minimum absolute atomic E-state index is 0.211. The zero-order valence-corrected chi connectivity index (χ0v) is 13.5. The van der Waals surface area contributed by atoms with Gasteiger partial charge in [-0.25, -0.2) is 4.98 Å². The molecule has 108 valence electrons. The summed E-state index contributed by atoms with van der Waals surface area (Å²) >= 11 is 18.5. The van der Waals surface area contributed by atoms with Gasteiger partial charge in [0.05, 0.1) is 26.5 Å². The molecule has 0 aliphatic rings. The van der Waals surface area contributed by atoms with Crippen molar-refractivity contribution in [2.45, 2.75) is 18.8 Å². The third kappa shape index (κ3) is 2.86. The predicted molar refractivity (Wildman–Crippen MR) is 87.4 cm³/mol. The van der Waals surface area contributed by atoms with E-state index in [0.29, 0.717) is 16.6 Å². The molecule has 3 aromatic rings. The molecular weight excluding hydrogens is 329 g/mol. The predicted octanol–water partition coefficient (Wildman–Crippen LogP) is 5.09. The van der Waals surface area contributed by atoms with Crippen molar-refractivity contribution in [1.82, 2.24) is 14.5 Å². The third-order valence-corrected chi connectivity index (χ3v) is 4.18. The molecule has 2 heterocycles. The number of aromatic nitrogens is 3. The first-order valence-corrected chi connectivity index (χ1v) is 7.63. The molecule has 0 spiro atoms. The number of halogens is 3. The summed E-state index contributed by atoms with van der Waals surface area (Å²) in [6.45, 7) is 2.55. The van der Waals surface area contributed by atoms with Crippen LogP contribution in [0, 0.1) is 0 Å². The quantitative estimate of drug-likeness (QED) is 0.622. The van der Waals surface area contributed by atoms with E-state index in [0.717, 1.165) is 22.4 Å². The highest BCUT2D eigenvalue weighted by Crippen LogP contribution is 2.31. The Bertz CT molecular complexity index is 782. The Hall–Kier alpha value is -1.29. The second kappa shape index (κ2) is 5.84. The van der Waals surface area contributed by atoms with Crippen molar-refractivity contribution in [3.8, 4) is 0 Å². The molecule has 3 rings (SSSR count). The van der Waals surface area contributed by atoms with Crippen molar-refractivity contribution in [2.24, 2.45) is 0 Å². The highest BCUT2D eigenvalue weighted by atomic mass is 35.5. The van der Waals surface area contributed by atoms with Gasteiger partial charge in [0.1, 0.15) is 5.82 Å². The minimum atomic E-state index is -0.211. The highest BCUT2D eigenvalue weighted by molar-refractivity contribution is 6.42. The Labute approximate surface area is 137 Å². The Morgan fingerprint density at radius 3 is 2.48 bits per heavy atom. The molecule has 0 radical (unpaired) electrons. The average molecular weight is 341 g/mol. The van der Waals surface area contributed by atoms with E-state index in [1.54, 1.807) is 18.5 Å². The number of imidazole rings is 1. The lowest BCUT2D eigenvalue weighted by Gasteiger charge is -2.10. The lowest BCUT2D eigenvalue weighted by atomic mass is 10.2. The summed E-state index contributed by atoms with van der Waals surface area (Å²) in [6, 6.07) is 7.53. The van der Waals surface area contributed by atoms with Crippen LogP contribution in [0.1, 0.15) is 23.7 Å². The van der Waals surface area contributed by atoms with E-state index >= 15 is 0 Å². The molecule has 1 aromatic carbocycles. The summed E-state index contributed by atoms with van der Waals surface area (Å²) < 4.78 is 2.06. The first-order valence-electron chi connectivity index (χ1n) is 6.44. The van der Waals surface area contributed by atoms with Gasteiger partial charge in [0.25, 0.3) is 0 Å². The van der Waals surface area contributed by atoms with E-state index in [1.165, 1.54) is 0 Å². The fraction of sp³-hybridized carbons (Fsp3) is 0.200. The molecule has 0 saturated heterocycles. The molecule has 0 amide bonds. The van der Waals surface area contributed by atoms with Crippen LogP contribution in [0.2, 0.25) is 10.0 Å². The SMILES string of the molecule is CC(Cl)c1nc2cc(Cl)c(Cl)cc2n1Cc1ccncc1. The average Bonchev–Trinajstić information content (AvgIpc) is 2.79. The van der Waals surface area contributed by atoms with Crippen molar-refractivity contribution in [3.05, 3.63) is 58.1 Å². The van der Waals surface area contributed by atoms with E-state index in [9.17, 15) is 0 Å². The lowest BCUT2D eigenvalue weighted by molar-refractivity contribution is 0.742. The lowest BCUT2D eigenvalue weighted by Crippen LogP contribution is -2.05. The van der Waals surface area contributed by atoms with Crippen molar-refractivity contribution in [3.63, 3.8) is 0 Å². The summed E-state index contributed by atoms with van der Waals surface area (Å²) in [5.74, 6) is 0.793. The Kier molecular flexibility index (Phi) is 4.07. The molecule has 3 nitrogen and oxygen atoms in total. The summed E-state index contributed by atoms with van der Waals surface area (Å²) in [6.07, 6.45) is 3.53. The zero-order chi connectivity index (χ0) is 15.0. The molecular formula is C15H12Cl3N3. The van der Waals surface area contributed by atoms with E-state index in [1.807, 2.05) is 25.1 Å². The molecule has 1 unspecified atom stereocenters. The van der Waals surface area contributed by atoms with E-state index in [-0.39, 0.29) is 5.38 Å². The Morgan fingerprint density at radius 2 is 1.81 bits per heavy atom. The van der Waals surface area contributed by atoms with Crippen LogP contribution in [-0.2, 0) is 6.54 Å². The molecule has 0 aliphatic carbocycles. The monoisotopic (exact) mass is 339 g/mol. The van der Waals surface area contributed by atoms with Gasteiger partial charge in [-0.1, -0.05) is 23.2 Å². The molecule has 0 saturated carbocycles. The van der Waals surface area contributed by atoms with E-state index in [2.05, 4.69) is 14.5 Å². The number of hydrogen-bond acceptors (Lipinski definition) is 2. The molecule has 21 heavy (non-hydrogen) atoms. The summed E-state index contributed by atoms with van der Waals surface area (Å²) in [4.78, 5) is 8.61. The first-order chi connectivity index (χ1) is 10.1. The maximum Gasteiger partial charge on any atom is 0.128 e. The van der Waals surface area contributed by atoms with Gasteiger partial charge in [-0.2, -0.15) is 0 Å². The number of fused-ring (bicyclic) bond motifs is 1. The highest BCUT2D eigenvalue weighted by Gasteiger charge is 2.16. The van der Waals surface area contributed by atoms with Crippen LogP contribution < -0.4 is 0 Å². The Morgan fingerprint density at radius 1 is 1.14 bits per heavy atom. The summed E-state index contributed by atoms with van der Waals surface area (Å²) in [7, 11) is 0. The molecule has 1 atom stereocenters. The number of alkyl halides is 1. The normalized spacial score (nSPS) is 12.8. The maximum absolute atomic E-state index is 6.26. The van der Waals surface area contributed by atoms with Crippen LogP contribution in [0.25, 0.3) is 11.0 Å². The van der Waals surface area contributed by atoms with Crippen molar-refractivity contribution >= 4 is 45.8 Å². The molecule has 0 aliphatic heterocycles. The molecule has 6 heteroatoms. The van der Waals surface area contributed by atoms with Gasteiger partial charge in [-0.3, -0.25) is 4.98 Å².